The van der Waals surface area contributed by atoms with Crippen LogP contribution in [0.3, 0.4) is 0 Å². The zero-order valence-corrected chi connectivity index (χ0v) is 13.2. The molecule has 0 heterocycles. The van der Waals surface area contributed by atoms with E-state index in [2.05, 4.69) is 5.32 Å². The molecule has 0 atom stereocenters. The molecule has 0 aliphatic heterocycles. The Morgan fingerprint density at radius 3 is 2.50 bits per heavy atom. The van der Waals surface area contributed by atoms with Gasteiger partial charge in [0.05, 0.1) is 10.6 Å². The summed E-state index contributed by atoms with van der Waals surface area (Å²) in [4.78, 5) is 24.1. The minimum Gasteiger partial charge on any atom is -0.454 e. The van der Waals surface area contributed by atoms with Gasteiger partial charge in [0.2, 0.25) is 5.78 Å². The van der Waals surface area contributed by atoms with Crippen LogP contribution in [0.4, 0.5) is 5.69 Å². The fourth-order valence-corrected chi connectivity index (χ4v) is 2.40. The molecule has 2 rings (SSSR count). The molecule has 4 nitrogen and oxygen atoms in total. The molecule has 2 aromatic rings. The summed E-state index contributed by atoms with van der Waals surface area (Å²) in [6.45, 7) is -0.391. The van der Waals surface area contributed by atoms with Gasteiger partial charge in [0.1, 0.15) is 0 Å². The van der Waals surface area contributed by atoms with Crippen LogP contribution in [0.2, 0.25) is 10.0 Å². The van der Waals surface area contributed by atoms with E-state index < -0.39 is 18.4 Å². The van der Waals surface area contributed by atoms with Gasteiger partial charge in [0, 0.05) is 23.3 Å². The lowest BCUT2D eigenvalue weighted by atomic mass is 10.1. The van der Waals surface area contributed by atoms with E-state index in [0.717, 1.165) is 0 Å². The fraction of sp³-hybridized carbons (Fsp3) is 0.125. The van der Waals surface area contributed by atoms with Crippen molar-refractivity contribution in [1.82, 2.24) is 0 Å². The lowest BCUT2D eigenvalue weighted by Crippen LogP contribution is -2.15. The van der Waals surface area contributed by atoms with Gasteiger partial charge in [-0.3, -0.25) is 4.79 Å². The van der Waals surface area contributed by atoms with E-state index in [1.807, 2.05) is 0 Å². The van der Waals surface area contributed by atoms with E-state index in [1.54, 1.807) is 37.4 Å². The normalized spacial score (nSPS) is 10.1. The summed E-state index contributed by atoms with van der Waals surface area (Å²) >= 11 is 11.7. The number of para-hydroxylation sites is 1. The molecule has 0 spiro atoms. The van der Waals surface area contributed by atoms with E-state index in [4.69, 9.17) is 27.9 Å². The van der Waals surface area contributed by atoms with Gasteiger partial charge in [-0.1, -0.05) is 35.3 Å². The summed E-state index contributed by atoms with van der Waals surface area (Å²) < 4.78 is 5.05. The van der Waals surface area contributed by atoms with Crippen LogP contribution < -0.4 is 5.32 Å². The number of rotatable bonds is 5. The lowest BCUT2D eigenvalue weighted by Gasteiger charge is -2.09. The maximum absolute atomic E-state index is 12.0. The molecule has 6 heteroatoms. The molecule has 0 saturated carbocycles. The molecular weight excluding hydrogens is 325 g/mol. The highest BCUT2D eigenvalue weighted by Gasteiger charge is 2.16. The number of ketones is 1. The number of carbonyl (C=O) groups excluding carboxylic acids is 2. The third kappa shape index (κ3) is 3.78. The van der Waals surface area contributed by atoms with Crippen molar-refractivity contribution in [2.75, 3.05) is 19.0 Å². The average Bonchev–Trinajstić information content (AvgIpc) is 2.52. The standard InChI is InChI=1S/C16H13Cl2NO3/c1-19-14-5-3-2-4-12(14)16(21)22-9-15(20)11-7-6-10(17)8-13(11)18/h2-8,19H,9H2,1H3. The number of benzene rings is 2. The molecule has 0 aromatic heterocycles. The smallest absolute Gasteiger partial charge is 0.340 e. The minimum absolute atomic E-state index is 0.226. The minimum atomic E-state index is -0.580. The average molecular weight is 338 g/mol. The summed E-state index contributed by atoms with van der Waals surface area (Å²) in [6.07, 6.45) is 0. The number of halogens is 2. The highest BCUT2D eigenvalue weighted by atomic mass is 35.5. The largest absolute Gasteiger partial charge is 0.454 e. The monoisotopic (exact) mass is 337 g/mol. The number of Topliss-reactive ketones (excluding diaryl/α,β-unsaturated/α-hetero) is 1. The van der Waals surface area contributed by atoms with Crippen molar-refractivity contribution in [3.63, 3.8) is 0 Å². The number of ether oxygens (including phenoxy) is 1. The van der Waals surface area contributed by atoms with E-state index in [1.165, 1.54) is 12.1 Å². The molecule has 0 radical (unpaired) electrons. The first-order chi connectivity index (χ1) is 10.5. The van der Waals surface area contributed by atoms with Crippen LogP contribution in [0, 0.1) is 0 Å². The molecule has 22 heavy (non-hydrogen) atoms. The Morgan fingerprint density at radius 2 is 1.82 bits per heavy atom. The van der Waals surface area contributed by atoms with Crippen molar-refractivity contribution in [3.8, 4) is 0 Å². The molecule has 0 amide bonds. The molecule has 0 saturated heterocycles. The number of esters is 1. The van der Waals surface area contributed by atoms with Crippen molar-refractivity contribution in [3.05, 3.63) is 63.6 Å². The topological polar surface area (TPSA) is 55.4 Å². The quantitative estimate of drug-likeness (QED) is 0.659. The highest BCUT2D eigenvalue weighted by molar-refractivity contribution is 6.36. The zero-order chi connectivity index (χ0) is 16.1. The Balaban J connectivity index is 2.06. The lowest BCUT2D eigenvalue weighted by molar-refractivity contribution is 0.0475. The molecule has 2 aromatic carbocycles. The second kappa shape index (κ2) is 7.29. The van der Waals surface area contributed by atoms with Crippen LogP contribution in [0.25, 0.3) is 0 Å². The summed E-state index contributed by atoms with van der Waals surface area (Å²) in [5.74, 6) is -0.972. The van der Waals surface area contributed by atoms with Crippen molar-refractivity contribution in [2.45, 2.75) is 0 Å². The van der Waals surface area contributed by atoms with Gasteiger partial charge in [-0.25, -0.2) is 4.79 Å². The van der Waals surface area contributed by atoms with E-state index in [-0.39, 0.29) is 10.6 Å². The highest BCUT2D eigenvalue weighted by Crippen LogP contribution is 2.22. The van der Waals surface area contributed by atoms with Crippen LogP contribution >= 0.6 is 23.2 Å². The van der Waals surface area contributed by atoms with E-state index >= 15 is 0 Å². The van der Waals surface area contributed by atoms with Crippen molar-refractivity contribution in [1.29, 1.82) is 0 Å². The first-order valence-electron chi connectivity index (χ1n) is 6.45. The fourth-order valence-electron chi connectivity index (χ4n) is 1.88. The first-order valence-corrected chi connectivity index (χ1v) is 7.20. The van der Waals surface area contributed by atoms with Gasteiger partial charge in [-0.05, 0) is 30.3 Å². The molecule has 0 unspecified atom stereocenters. The van der Waals surface area contributed by atoms with Crippen LogP contribution in [-0.4, -0.2) is 25.4 Å². The van der Waals surface area contributed by atoms with Gasteiger partial charge >= 0.3 is 5.97 Å². The molecule has 1 N–H and O–H groups in total. The van der Waals surface area contributed by atoms with Crippen molar-refractivity contribution < 1.29 is 14.3 Å². The number of anilines is 1. The van der Waals surface area contributed by atoms with Crippen molar-refractivity contribution in [2.24, 2.45) is 0 Å². The van der Waals surface area contributed by atoms with Crippen LogP contribution in [0.15, 0.2) is 42.5 Å². The van der Waals surface area contributed by atoms with Gasteiger partial charge in [-0.2, -0.15) is 0 Å². The third-order valence-corrected chi connectivity index (χ3v) is 3.53. The Morgan fingerprint density at radius 1 is 1.09 bits per heavy atom. The van der Waals surface area contributed by atoms with Gasteiger partial charge in [0.25, 0.3) is 0 Å². The van der Waals surface area contributed by atoms with Crippen molar-refractivity contribution >= 4 is 40.6 Å². The second-order valence-electron chi connectivity index (χ2n) is 4.42. The number of hydrogen-bond acceptors (Lipinski definition) is 4. The maximum Gasteiger partial charge on any atom is 0.340 e. The summed E-state index contributed by atoms with van der Waals surface area (Å²) in [7, 11) is 1.70. The Bertz CT molecular complexity index is 716. The number of nitrogens with one attached hydrogen (secondary N) is 1. The molecule has 114 valence electrons. The summed E-state index contributed by atoms with van der Waals surface area (Å²) in [5, 5.41) is 3.55. The molecule has 0 bridgehead atoms. The van der Waals surface area contributed by atoms with Gasteiger partial charge in [0.15, 0.2) is 6.61 Å². The molecular formula is C16H13Cl2NO3. The Kier molecular flexibility index (Phi) is 5.41. The maximum atomic E-state index is 12.0. The zero-order valence-electron chi connectivity index (χ0n) is 11.7. The summed E-state index contributed by atoms with van der Waals surface area (Å²) in [6, 6.07) is 11.4. The van der Waals surface area contributed by atoms with Crippen LogP contribution in [0.5, 0.6) is 0 Å². The Labute approximate surface area is 138 Å². The van der Waals surface area contributed by atoms with Crippen LogP contribution in [-0.2, 0) is 4.74 Å². The van der Waals surface area contributed by atoms with E-state index in [0.29, 0.717) is 16.3 Å². The molecule has 0 aliphatic rings. The predicted octanol–water partition coefficient (Wildman–Crippen LogP) is 4.07. The first kappa shape index (κ1) is 16.3. The third-order valence-electron chi connectivity index (χ3n) is 2.98. The SMILES string of the molecule is CNc1ccccc1C(=O)OCC(=O)c1ccc(Cl)cc1Cl. The van der Waals surface area contributed by atoms with E-state index in [9.17, 15) is 9.59 Å². The molecule has 0 aliphatic carbocycles. The number of hydrogen-bond donors (Lipinski definition) is 1. The van der Waals surface area contributed by atoms with Gasteiger partial charge < -0.3 is 10.1 Å². The second-order valence-corrected chi connectivity index (χ2v) is 5.26. The molecule has 0 fully saturated rings. The van der Waals surface area contributed by atoms with Gasteiger partial charge in [-0.15, -0.1) is 0 Å². The summed E-state index contributed by atoms with van der Waals surface area (Å²) in [5.41, 5.74) is 1.25. The predicted molar refractivity (Wildman–Crippen MR) is 87.1 cm³/mol. The Hall–Kier alpha value is -2.04. The number of carbonyl (C=O) groups is 2. The van der Waals surface area contributed by atoms with Crippen LogP contribution in [0.1, 0.15) is 20.7 Å².